The van der Waals surface area contributed by atoms with Gasteiger partial charge in [0.25, 0.3) is 0 Å². The van der Waals surface area contributed by atoms with E-state index in [1.807, 2.05) is 4.81 Å². The predicted molar refractivity (Wildman–Crippen MR) is 92.8 cm³/mol. The standard InChI is InChI=1S/C18H27BN2O/c1-18(2)7-4-16-12-14-5-8-20(19)9-6-15(14)13-17(16)21(18)10-11-22-3/h12-13H,4-11H2,1-3H3. The van der Waals surface area contributed by atoms with Gasteiger partial charge in [0.1, 0.15) is 0 Å². The Bertz CT molecular complexity index is 544. The van der Waals surface area contributed by atoms with Crippen molar-refractivity contribution in [1.82, 2.24) is 4.81 Å². The lowest BCUT2D eigenvalue weighted by atomic mass is 9.84. The van der Waals surface area contributed by atoms with E-state index in [2.05, 4.69) is 30.9 Å². The molecule has 0 atom stereocenters. The third-order valence-corrected chi connectivity index (χ3v) is 5.28. The second-order valence-corrected chi connectivity index (χ2v) is 7.24. The number of aryl methyl sites for hydroxylation is 1. The molecule has 1 aromatic rings. The van der Waals surface area contributed by atoms with Gasteiger partial charge in [-0.1, -0.05) is 6.07 Å². The van der Waals surface area contributed by atoms with E-state index >= 15 is 0 Å². The van der Waals surface area contributed by atoms with Crippen molar-refractivity contribution in [2.45, 2.75) is 45.1 Å². The smallest absolute Gasteiger partial charge is 0.182 e. The molecule has 22 heavy (non-hydrogen) atoms. The minimum Gasteiger partial charge on any atom is -0.383 e. The summed E-state index contributed by atoms with van der Waals surface area (Å²) in [4.78, 5) is 4.49. The van der Waals surface area contributed by atoms with Crippen molar-refractivity contribution in [2.75, 3.05) is 38.3 Å². The highest BCUT2D eigenvalue weighted by Gasteiger charge is 2.33. The molecule has 2 heterocycles. The number of rotatable bonds is 3. The van der Waals surface area contributed by atoms with Crippen LogP contribution in [0.3, 0.4) is 0 Å². The van der Waals surface area contributed by atoms with Crippen LogP contribution in [0.2, 0.25) is 0 Å². The molecule has 0 saturated heterocycles. The molecule has 3 nitrogen and oxygen atoms in total. The molecule has 0 N–H and O–H groups in total. The second kappa shape index (κ2) is 6.25. The monoisotopic (exact) mass is 298 g/mol. The lowest BCUT2D eigenvalue weighted by molar-refractivity contribution is 0.197. The third kappa shape index (κ3) is 3.04. The molecule has 0 aliphatic carbocycles. The van der Waals surface area contributed by atoms with Crippen LogP contribution in [-0.2, 0) is 24.0 Å². The summed E-state index contributed by atoms with van der Waals surface area (Å²) in [6, 6.07) is 4.87. The van der Waals surface area contributed by atoms with Crippen LogP contribution < -0.4 is 4.90 Å². The van der Waals surface area contributed by atoms with Crippen LogP contribution in [0.15, 0.2) is 12.1 Å². The van der Waals surface area contributed by atoms with Gasteiger partial charge in [-0.05, 0) is 75.4 Å². The van der Waals surface area contributed by atoms with Crippen molar-refractivity contribution in [3.63, 3.8) is 0 Å². The molecule has 0 spiro atoms. The summed E-state index contributed by atoms with van der Waals surface area (Å²) < 4.78 is 5.33. The summed E-state index contributed by atoms with van der Waals surface area (Å²) in [6.07, 6.45) is 4.50. The van der Waals surface area contributed by atoms with Crippen molar-refractivity contribution in [1.29, 1.82) is 0 Å². The highest BCUT2D eigenvalue weighted by molar-refractivity contribution is 6.04. The zero-order chi connectivity index (χ0) is 15.7. The molecule has 0 amide bonds. The van der Waals surface area contributed by atoms with Crippen LogP contribution >= 0.6 is 0 Å². The molecule has 2 aliphatic heterocycles. The van der Waals surface area contributed by atoms with E-state index in [0.29, 0.717) is 0 Å². The SMILES string of the molecule is [B]N1CCc2cc3c(cc2CC1)N(CCOC)C(C)(C)CC3. The van der Waals surface area contributed by atoms with Crippen LogP contribution in [0.5, 0.6) is 0 Å². The van der Waals surface area contributed by atoms with E-state index in [1.54, 1.807) is 7.11 Å². The molecule has 1 aromatic carbocycles. The molecule has 0 unspecified atom stereocenters. The lowest BCUT2D eigenvalue weighted by Gasteiger charge is -2.45. The van der Waals surface area contributed by atoms with E-state index in [0.717, 1.165) is 39.1 Å². The summed E-state index contributed by atoms with van der Waals surface area (Å²) >= 11 is 0. The van der Waals surface area contributed by atoms with Gasteiger partial charge >= 0.3 is 0 Å². The number of anilines is 1. The van der Waals surface area contributed by atoms with Gasteiger partial charge < -0.3 is 14.4 Å². The van der Waals surface area contributed by atoms with Gasteiger partial charge in [-0.2, -0.15) is 0 Å². The first-order valence-electron chi connectivity index (χ1n) is 8.42. The highest BCUT2D eigenvalue weighted by Crippen LogP contribution is 2.38. The highest BCUT2D eigenvalue weighted by atomic mass is 16.5. The first-order chi connectivity index (χ1) is 10.5. The van der Waals surface area contributed by atoms with Gasteiger partial charge in [-0.15, -0.1) is 0 Å². The van der Waals surface area contributed by atoms with Crippen molar-refractivity contribution in [2.24, 2.45) is 0 Å². The summed E-state index contributed by atoms with van der Waals surface area (Å²) in [6.45, 7) is 8.34. The van der Waals surface area contributed by atoms with Crippen LogP contribution in [-0.4, -0.2) is 51.7 Å². The molecule has 0 bridgehead atoms. The number of methoxy groups -OCH3 is 1. The quantitative estimate of drug-likeness (QED) is 0.797. The maximum Gasteiger partial charge on any atom is 0.182 e. The van der Waals surface area contributed by atoms with Crippen LogP contribution in [0.4, 0.5) is 5.69 Å². The number of ether oxygens (including phenoxy) is 1. The van der Waals surface area contributed by atoms with E-state index in [1.165, 1.54) is 35.2 Å². The first kappa shape index (κ1) is 15.9. The van der Waals surface area contributed by atoms with Crippen LogP contribution in [0, 0.1) is 0 Å². The Morgan fingerprint density at radius 1 is 1.09 bits per heavy atom. The zero-order valence-electron chi connectivity index (χ0n) is 14.2. The van der Waals surface area contributed by atoms with Gasteiger partial charge in [-0.25, -0.2) is 0 Å². The Balaban J connectivity index is 1.97. The van der Waals surface area contributed by atoms with E-state index in [9.17, 15) is 0 Å². The molecular weight excluding hydrogens is 271 g/mol. The lowest BCUT2D eigenvalue weighted by Crippen LogP contribution is -2.49. The Kier molecular flexibility index (Phi) is 4.51. The van der Waals surface area contributed by atoms with Crippen molar-refractivity contribution in [3.05, 3.63) is 28.8 Å². The number of hydrogen-bond acceptors (Lipinski definition) is 3. The maximum atomic E-state index is 6.01. The van der Waals surface area contributed by atoms with Gasteiger partial charge in [0, 0.05) is 24.9 Å². The normalized spacial score (nSPS) is 21.1. The van der Waals surface area contributed by atoms with Gasteiger partial charge in [0.2, 0.25) is 0 Å². The van der Waals surface area contributed by atoms with Gasteiger partial charge in [-0.3, -0.25) is 0 Å². The molecule has 2 radical (unpaired) electrons. The van der Waals surface area contributed by atoms with E-state index in [4.69, 9.17) is 12.7 Å². The van der Waals surface area contributed by atoms with Gasteiger partial charge in [0.15, 0.2) is 7.98 Å². The zero-order valence-corrected chi connectivity index (χ0v) is 14.2. The van der Waals surface area contributed by atoms with Crippen molar-refractivity contribution < 1.29 is 4.74 Å². The Morgan fingerprint density at radius 3 is 2.45 bits per heavy atom. The fraction of sp³-hybridized carbons (Fsp3) is 0.667. The molecular formula is C18H27BN2O. The fourth-order valence-corrected chi connectivity index (χ4v) is 3.79. The van der Waals surface area contributed by atoms with Gasteiger partial charge in [0.05, 0.1) is 6.61 Å². The summed E-state index contributed by atoms with van der Waals surface area (Å²) in [5.74, 6) is 0. The van der Waals surface area contributed by atoms with Crippen molar-refractivity contribution in [3.8, 4) is 0 Å². The molecule has 3 rings (SSSR count). The maximum absolute atomic E-state index is 6.01. The predicted octanol–water partition coefficient (Wildman–Crippen LogP) is 2.35. The molecule has 4 heteroatoms. The average molecular weight is 298 g/mol. The first-order valence-corrected chi connectivity index (χ1v) is 8.42. The van der Waals surface area contributed by atoms with Crippen LogP contribution in [0.1, 0.15) is 37.0 Å². The fourth-order valence-electron chi connectivity index (χ4n) is 3.79. The van der Waals surface area contributed by atoms with Crippen molar-refractivity contribution >= 4 is 13.7 Å². The Morgan fingerprint density at radius 2 is 1.77 bits per heavy atom. The molecule has 118 valence electrons. The minimum atomic E-state index is 0.199. The number of benzene rings is 1. The summed E-state index contributed by atoms with van der Waals surface area (Å²) in [5.41, 5.74) is 6.09. The summed E-state index contributed by atoms with van der Waals surface area (Å²) in [5, 5.41) is 0. The Labute approximate surface area is 136 Å². The summed E-state index contributed by atoms with van der Waals surface area (Å²) in [7, 11) is 7.79. The van der Waals surface area contributed by atoms with E-state index in [-0.39, 0.29) is 5.54 Å². The molecule has 0 fully saturated rings. The molecule has 0 saturated carbocycles. The van der Waals surface area contributed by atoms with Crippen LogP contribution in [0.25, 0.3) is 0 Å². The topological polar surface area (TPSA) is 15.7 Å². The molecule has 2 aliphatic rings. The molecule has 0 aromatic heterocycles. The second-order valence-electron chi connectivity index (χ2n) is 7.24. The number of nitrogens with zero attached hydrogens (tertiary/aromatic N) is 2. The van der Waals surface area contributed by atoms with E-state index < -0.39 is 0 Å². The minimum absolute atomic E-state index is 0.199. The third-order valence-electron chi connectivity index (χ3n) is 5.28. The largest absolute Gasteiger partial charge is 0.383 e. The Hall–Kier alpha value is -0.995. The number of hydrogen-bond donors (Lipinski definition) is 0. The number of fused-ring (bicyclic) bond motifs is 2. The average Bonchev–Trinajstić information content (AvgIpc) is 2.66.